The Morgan fingerprint density at radius 2 is 1.70 bits per heavy atom. The van der Waals surface area contributed by atoms with Crippen molar-refractivity contribution in [1.82, 2.24) is 10.6 Å². The molecule has 2 amide bonds. The van der Waals surface area contributed by atoms with Crippen LogP contribution in [0.5, 0.6) is 0 Å². The molecular formula is C23H16N4O3. The lowest BCUT2D eigenvalue weighted by molar-refractivity contribution is -0.117. The molecule has 2 aromatic carbocycles. The summed E-state index contributed by atoms with van der Waals surface area (Å²) >= 11 is 0. The fraction of sp³-hybridized carbons (Fsp3) is 0.0435. The van der Waals surface area contributed by atoms with E-state index in [9.17, 15) is 14.9 Å². The number of furan rings is 1. The van der Waals surface area contributed by atoms with Crippen LogP contribution in [0.4, 0.5) is 0 Å². The zero-order valence-electron chi connectivity index (χ0n) is 15.8. The van der Waals surface area contributed by atoms with Crippen LogP contribution in [0, 0.1) is 11.3 Å². The summed E-state index contributed by atoms with van der Waals surface area (Å²) in [6.45, 7) is 0.283. The first-order chi connectivity index (χ1) is 14.7. The number of hydrogen-bond acceptors (Lipinski definition) is 5. The number of benzene rings is 2. The summed E-state index contributed by atoms with van der Waals surface area (Å²) in [7, 11) is 0. The van der Waals surface area contributed by atoms with Gasteiger partial charge in [0.15, 0.2) is 5.76 Å². The van der Waals surface area contributed by atoms with Crippen LogP contribution in [0.3, 0.4) is 0 Å². The predicted octanol–water partition coefficient (Wildman–Crippen LogP) is 3.02. The monoisotopic (exact) mass is 396 g/mol. The van der Waals surface area contributed by atoms with Crippen LogP contribution in [0.1, 0.15) is 27.2 Å². The van der Waals surface area contributed by atoms with Gasteiger partial charge in [0.1, 0.15) is 17.5 Å². The van der Waals surface area contributed by atoms with Gasteiger partial charge in [-0.15, -0.1) is 0 Å². The standard InChI is InChI=1S/C23H16N4O3/c24-13-18(22(28)25-14-15-7-2-1-3-8-15)20-16-9-4-5-10-17(16)21(26-20)27-23(29)19-11-6-12-30-19/h1-12H,14H2,(H,25,28)(H,26,27,29)/b20-18-. The summed E-state index contributed by atoms with van der Waals surface area (Å²) < 4.78 is 5.11. The van der Waals surface area contributed by atoms with E-state index in [-0.39, 0.29) is 29.4 Å². The molecule has 2 heterocycles. The summed E-state index contributed by atoms with van der Waals surface area (Å²) in [5, 5.41) is 15.1. The maximum Gasteiger partial charge on any atom is 0.292 e. The molecule has 0 radical (unpaired) electrons. The molecule has 0 spiro atoms. The molecule has 3 aromatic rings. The van der Waals surface area contributed by atoms with Crippen molar-refractivity contribution >= 4 is 23.3 Å². The number of nitriles is 1. The van der Waals surface area contributed by atoms with Crippen molar-refractivity contribution < 1.29 is 14.0 Å². The number of amidine groups is 1. The van der Waals surface area contributed by atoms with Crippen molar-refractivity contribution in [1.29, 1.82) is 5.26 Å². The van der Waals surface area contributed by atoms with Gasteiger partial charge in [-0.25, -0.2) is 4.99 Å². The normalized spacial score (nSPS) is 13.6. The van der Waals surface area contributed by atoms with Gasteiger partial charge in [0.2, 0.25) is 0 Å². The summed E-state index contributed by atoms with van der Waals surface area (Å²) in [5.41, 5.74) is 2.22. The van der Waals surface area contributed by atoms with Gasteiger partial charge in [-0.3, -0.25) is 9.59 Å². The number of amides is 2. The molecule has 7 nitrogen and oxygen atoms in total. The van der Waals surface area contributed by atoms with Crippen LogP contribution < -0.4 is 10.6 Å². The molecule has 0 atom stereocenters. The molecule has 2 N–H and O–H groups in total. The van der Waals surface area contributed by atoms with Crippen molar-refractivity contribution in [3.63, 3.8) is 0 Å². The molecular weight excluding hydrogens is 380 g/mol. The highest BCUT2D eigenvalue weighted by Gasteiger charge is 2.27. The Hall–Kier alpha value is -4.44. The van der Waals surface area contributed by atoms with E-state index < -0.39 is 11.8 Å². The molecule has 0 saturated carbocycles. The second kappa shape index (κ2) is 8.29. The molecule has 30 heavy (non-hydrogen) atoms. The lowest BCUT2D eigenvalue weighted by atomic mass is 10.0. The van der Waals surface area contributed by atoms with Gasteiger partial charge < -0.3 is 15.1 Å². The highest BCUT2D eigenvalue weighted by atomic mass is 16.3. The highest BCUT2D eigenvalue weighted by molar-refractivity contribution is 6.20. The topological polar surface area (TPSA) is 107 Å². The summed E-state index contributed by atoms with van der Waals surface area (Å²) in [6.07, 6.45) is 1.40. The number of nitrogens with one attached hydrogen (secondary N) is 2. The number of nitrogens with zero attached hydrogens (tertiary/aromatic N) is 2. The van der Waals surface area contributed by atoms with E-state index in [4.69, 9.17) is 4.42 Å². The third kappa shape index (κ3) is 3.75. The molecule has 7 heteroatoms. The van der Waals surface area contributed by atoms with Crippen molar-refractivity contribution in [2.24, 2.45) is 4.99 Å². The number of rotatable bonds is 4. The molecule has 146 valence electrons. The third-order valence-electron chi connectivity index (χ3n) is 4.51. The second-order valence-electron chi connectivity index (χ2n) is 6.44. The van der Waals surface area contributed by atoms with E-state index in [1.54, 1.807) is 30.3 Å². The van der Waals surface area contributed by atoms with Gasteiger partial charge in [-0.1, -0.05) is 54.6 Å². The van der Waals surface area contributed by atoms with Gasteiger partial charge in [-0.2, -0.15) is 5.26 Å². The third-order valence-corrected chi connectivity index (χ3v) is 4.51. The van der Waals surface area contributed by atoms with E-state index in [1.807, 2.05) is 36.4 Å². The van der Waals surface area contributed by atoms with Gasteiger partial charge >= 0.3 is 0 Å². The largest absolute Gasteiger partial charge is 0.459 e. The SMILES string of the molecule is N#C/C(C(=O)NCc1ccccc1)=C1/N=C(NC(=O)c2ccco2)c2ccccc21. The number of fused-ring (bicyclic) bond motifs is 1. The Morgan fingerprint density at radius 3 is 2.40 bits per heavy atom. The van der Waals surface area contributed by atoms with Gasteiger partial charge in [0.05, 0.1) is 12.0 Å². The van der Waals surface area contributed by atoms with Crippen LogP contribution in [0.2, 0.25) is 0 Å². The van der Waals surface area contributed by atoms with Gasteiger partial charge in [0.25, 0.3) is 11.8 Å². The molecule has 0 bridgehead atoms. The van der Waals surface area contributed by atoms with Crippen molar-refractivity contribution in [3.05, 3.63) is 101 Å². The average Bonchev–Trinajstić information content (AvgIpc) is 3.43. The van der Waals surface area contributed by atoms with Crippen LogP contribution in [-0.4, -0.2) is 17.6 Å². The van der Waals surface area contributed by atoms with Crippen molar-refractivity contribution in [2.75, 3.05) is 0 Å². The molecule has 1 aliphatic rings. The number of carbonyl (C=O) groups excluding carboxylic acids is 2. The predicted molar refractivity (Wildman–Crippen MR) is 110 cm³/mol. The van der Waals surface area contributed by atoms with E-state index in [0.29, 0.717) is 11.1 Å². The molecule has 4 rings (SSSR count). The number of carbonyl (C=O) groups is 2. The first-order valence-corrected chi connectivity index (χ1v) is 9.17. The first-order valence-electron chi connectivity index (χ1n) is 9.17. The van der Waals surface area contributed by atoms with Crippen molar-refractivity contribution in [3.8, 4) is 6.07 Å². The molecule has 0 saturated heterocycles. The second-order valence-corrected chi connectivity index (χ2v) is 6.44. The highest BCUT2D eigenvalue weighted by Crippen LogP contribution is 2.30. The summed E-state index contributed by atoms with van der Waals surface area (Å²) in [6, 6.07) is 21.6. The maximum absolute atomic E-state index is 12.7. The van der Waals surface area contributed by atoms with Crippen molar-refractivity contribution in [2.45, 2.75) is 6.54 Å². The van der Waals surface area contributed by atoms with Crippen LogP contribution >= 0.6 is 0 Å². The average molecular weight is 396 g/mol. The zero-order chi connectivity index (χ0) is 20.9. The summed E-state index contributed by atoms with van der Waals surface area (Å²) in [4.78, 5) is 29.5. The minimum Gasteiger partial charge on any atom is -0.459 e. The Kier molecular flexibility index (Phi) is 5.22. The quantitative estimate of drug-likeness (QED) is 0.522. The van der Waals surface area contributed by atoms with Gasteiger partial charge in [-0.05, 0) is 17.7 Å². The smallest absolute Gasteiger partial charge is 0.292 e. The number of hydrogen-bond donors (Lipinski definition) is 2. The van der Waals surface area contributed by atoms with E-state index in [1.165, 1.54) is 12.3 Å². The molecule has 0 fully saturated rings. The minimum atomic E-state index is -0.534. The number of aliphatic imine (C=N–C) groups is 1. The molecule has 1 aromatic heterocycles. The first kappa shape index (κ1) is 18.9. The summed E-state index contributed by atoms with van der Waals surface area (Å²) in [5.74, 6) is -0.616. The maximum atomic E-state index is 12.7. The van der Waals surface area contributed by atoms with E-state index in [0.717, 1.165) is 5.56 Å². The Labute approximate surface area is 172 Å². The fourth-order valence-corrected chi connectivity index (χ4v) is 3.07. The van der Waals surface area contributed by atoms with Crippen LogP contribution in [-0.2, 0) is 11.3 Å². The Balaban J connectivity index is 1.64. The van der Waals surface area contributed by atoms with Gasteiger partial charge in [0, 0.05) is 17.7 Å². The molecule has 0 unspecified atom stereocenters. The van der Waals surface area contributed by atoms with Crippen LogP contribution in [0.15, 0.2) is 88.0 Å². The van der Waals surface area contributed by atoms with Crippen LogP contribution in [0.25, 0.3) is 5.70 Å². The van der Waals surface area contributed by atoms with E-state index in [2.05, 4.69) is 15.6 Å². The Morgan fingerprint density at radius 1 is 0.967 bits per heavy atom. The lowest BCUT2D eigenvalue weighted by Gasteiger charge is -2.06. The minimum absolute atomic E-state index is 0.124. The zero-order valence-corrected chi connectivity index (χ0v) is 15.8. The lowest BCUT2D eigenvalue weighted by Crippen LogP contribution is -2.30. The molecule has 1 aliphatic heterocycles. The van der Waals surface area contributed by atoms with E-state index >= 15 is 0 Å². The molecule has 0 aliphatic carbocycles. The Bertz CT molecular complexity index is 1200. The fourth-order valence-electron chi connectivity index (χ4n) is 3.07.